The van der Waals surface area contributed by atoms with E-state index in [9.17, 15) is 9.59 Å². The molecule has 0 saturated carbocycles. The molecule has 5 nitrogen and oxygen atoms in total. The second-order valence-electron chi connectivity index (χ2n) is 3.16. The van der Waals surface area contributed by atoms with Gasteiger partial charge >= 0.3 is 11.9 Å². The highest BCUT2D eigenvalue weighted by Gasteiger charge is 2.20. The summed E-state index contributed by atoms with van der Waals surface area (Å²) in [6.07, 6.45) is 0. The summed E-state index contributed by atoms with van der Waals surface area (Å²) < 4.78 is 9.48. The number of esters is 1. The van der Waals surface area contributed by atoms with Crippen LogP contribution >= 0.6 is 0 Å². The molecule has 0 heterocycles. The fraction of sp³-hybridized carbons (Fsp3) is 0.273. The van der Waals surface area contributed by atoms with E-state index in [2.05, 4.69) is 4.74 Å². The molecule has 0 aliphatic rings. The van der Waals surface area contributed by atoms with E-state index in [1.165, 1.54) is 20.3 Å². The number of carbonyl (C=O) groups excluding carboxylic acids is 1. The molecule has 0 amide bonds. The Kier molecular flexibility index (Phi) is 3.50. The molecule has 0 aliphatic heterocycles. The van der Waals surface area contributed by atoms with Crippen LogP contribution in [0.1, 0.15) is 26.3 Å². The Balaban J connectivity index is 3.45. The number of hydrogen-bond donors (Lipinski definition) is 1. The van der Waals surface area contributed by atoms with E-state index in [0.29, 0.717) is 11.3 Å². The molecular formula is C11H12O5. The fourth-order valence-electron chi connectivity index (χ4n) is 1.41. The Hall–Kier alpha value is -2.04. The van der Waals surface area contributed by atoms with Gasteiger partial charge in [0.2, 0.25) is 0 Å². The SMILES string of the molecule is COC(=O)c1c(C)cc(OC)cc1C(=O)O. The standard InChI is InChI=1S/C11H12O5/c1-6-4-7(15-2)5-8(10(12)13)9(6)11(14)16-3/h4-5H,1-3H3,(H,12,13). The molecular weight excluding hydrogens is 212 g/mol. The van der Waals surface area contributed by atoms with Gasteiger partial charge in [-0.1, -0.05) is 0 Å². The van der Waals surface area contributed by atoms with Gasteiger partial charge in [-0.15, -0.1) is 0 Å². The van der Waals surface area contributed by atoms with E-state index < -0.39 is 11.9 Å². The van der Waals surface area contributed by atoms with Crippen LogP contribution < -0.4 is 4.74 Å². The maximum atomic E-state index is 11.4. The molecule has 16 heavy (non-hydrogen) atoms. The van der Waals surface area contributed by atoms with Crippen LogP contribution in [0.5, 0.6) is 5.75 Å². The van der Waals surface area contributed by atoms with Crippen LogP contribution in [0.15, 0.2) is 12.1 Å². The van der Waals surface area contributed by atoms with Gasteiger partial charge in [-0.25, -0.2) is 9.59 Å². The summed E-state index contributed by atoms with van der Waals surface area (Å²) in [6.45, 7) is 1.63. The van der Waals surface area contributed by atoms with Crippen LogP contribution in [-0.4, -0.2) is 31.3 Å². The van der Waals surface area contributed by atoms with Gasteiger partial charge in [0.15, 0.2) is 0 Å². The van der Waals surface area contributed by atoms with Crippen LogP contribution in [0.25, 0.3) is 0 Å². The molecule has 0 saturated heterocycles. The Morgan fingerprint density at radius 2 is 1.88 bits per heavy atom. The third-order valence-electron chi connectivity index (χ3n) is 2.16. The van der Waals surface area contributed by atoms with Crippen molar-refractivity contribution in [2.75, 3.05) is 14.2 Å². The normalized spacial score (nSPS) is 9.69. The van der Waals surface area contributed by atoms with Crippen molar-refractivity contribution in [3.63, 3.8) is 0 Å². The van der Waals surface area contributed by atoms with Crippen molar-refractivity contribution in [2.45, 2.75) is 6.92 Å². The van der Waals surface area contributed by atoms with Gasteiger partial charge in [0.05, 0.1) is 25.3 Å². The van der Waals surface area contributed by atoms with Gasteiger partial charge in [-0.05, 0) is 24.6 Å². The zero-order chi connectivity index (χ0) is 12.3. The van der Waals surface area contributed by atoms with E-state index in [4.69, 9.17) is 9.84 Å². The Labute approximate surface area is 92.6 Å². The number of carbonyl (C=O) groups is 2. The van der Waals surface area contributed by atoms with Crippen LogP contribution in [-0.2, 0) is 4.74 Å². The van der Waals surface area contributed by atoms with Gasteiger partial charge in [0.1, 0.15) is 5.75 Å². The minimum atomic E-state index is -1.19. The van der Waals surface area contributed by atoms with Crippen LogP contribution in [0.3, 0.4) is 0 Å². The van der Waals surface area contributed by atoms with E-state index in [1.807, 2.05) is 0 Å². The molecule has 1 aromatic carbocycles. The number of ether oxygens (including phenoxy) is 2. The van der Waals surface area contributed by atoms with E-state index in [1.54, 1.807) is 13.0 Å². The summed E-state index contributed by atoms with van der Waals surface area (Å²) in [5.41, 5.74) is 0.433. The maximum Gasteiger partial charge on any atom is 0.339 e. The molecule has 0 aromatic heterocycles. The summed E-state index contributed by atoms with van der Waals surface area (Å²) in [5, 5.41) is 8.99. The third-order valence-corrected chi connectivity index (χ3v) is 2.16. The largest absolute Gasteiger partial charge is 0.497 e. The molecule has 1 N–H and O–H groups in total. The van der Waals surface area contributed by atoms with Gasteiger partial charge < -0.3 is 14.6 Å². The average molecular weight is 224 g/mol. The lowest BCUT2D eigenvalue weighted by molar-refractivity contribution is 0.0581. The zero-order valence-electron chi connectivity index (χ0n) is 9.23. The van der Waals surface area contributed by atoms with Crippen molar-refractivity contribution in [3.05, 3.63) is 28.8 Å². The van der Waals surface area contributed by atoms with Gasteiger partial charge in [-0.2, -0.15) is 0 Å². The van der Waals surface area contributed by atoms with Crippen LogP contribution in [0.2, 0.25) is 0 Å². The van der Waals surface area contributed by atoms with E-state index in [0.717, 1.165) is 0 Å². The van der Waals surface area contributed by atoms with Gasteiger partial charge in [-0.3, -0.25) is 0 Å². The summed E-state index contributed by atoms with van der Waals surface area (Å²) in [7, 11) is 2.63. The average Bonchev–Trinajstić information content (AvgIpc) is 2.26. The molecule has 1 rings (SSSR count). The first-order chi connectivity index (χ1) is 7.51. The predicted molar refractivity (Wildman–Crippen MR) is 56.0 cm³/mol. The summed E-state index contributed by atoms with van der Waals surface area (Å²) in [4.78, 5) is 22.4. The number of carboxylic acid groups (broad SMARTS) is 1. The third kappa shape index (κ3) is 2.13. The highest BCUT2D eigenvalue weighted by atomic mass is 16.5. The smallest absolute Gasteiger partial charge is 0.339 e. The lowest BCUT2D eigenvalue weighted by Crippen LogP contribution is -2.12. The lowest BCUT2D eigenvalue weighted by atomic mass is 10.0. The van der Waals surface area contributed by atoms with Crippen molar-refractivity contribution in [3.8, 4) is 5.75 Å². The number of aromatic carboxylic acids is 1. The fourth-order valence-corrected chi connectivity index (χ4v) is 1.41. The Morgan fingerprint density at radius 1 is 1.25 bits per heavy atom. The molecule has 1 aromatic rings. The number of benzene rings is 1. The van der Waals surface area contributed by atoms with Gasteiger partial charge in [0.25, 0.3) is 0 Å². The van der Waals surface area contributed by atoms with Crippen LogP contribution in [0.4, 0.5) is 0 Å². The minimum absolute atomic E-state index is 0.0517. The first-order valence-electron chi connectivity index (χ1n) is 4.51. The van der Waals surface area contributed by atoms with Crippen molar-refractivity contribution in [1.29, 1.82) is 0 Å². The quantitative estimate of drug-likeness (QED) is 0.787. The summed E-state index contributed by atoms with van der Waals surface area (Å²) in [6, 6.07) is 2.88. The zero-order valence-corrected chi connectivity index (χ0v) is 9.23. The number of methoxy groups -OCH3 is 2. The first-order valence-corrected chi connectivity index (χ1v) is 4.51. The topological polar surface area (TPSA) is 72.8 Å². The number of hydrogen-bond acceptors (Lipinski definition) is 4. The second kappa shape index (κ2) is 4.65. The van der Waals surface area contributed by atoms with E-state index >= 15 is 0 Å². The second-order valence-corrected chi connectivity index (χ2v) is 3.16. The number of aryl methyl sites for hydroxylation is 1. The number of rotatable bonds is 3. The summed E-state index contributed by atoms with van der Waals surface area (Å²) in [5.74, 6) is -1.47. The van der Waals surface area contributed by atoms with Gasteiger partial charge in [0, 0.05) is 0 Å². The molecule has 0 atom stereocenters. The monoisotopic (exact) mass is 224 g/mol. The molecule has 0 bridgehead atoms. The Morgan fingerprint density at radius 3 is 2.31 bits per heavy atom. The molecule has 0 radical (unpaired) electrons. The number of carboxylic acids is 1. The van der Waals surface area contributed by atoms with Crippen molar-refractivity contribution < 1.29 is 24.2 Å². The molecule has 0 aliphatic carbocycles. The Bertz CT molecular complexity index is 436. The molecule has 0 spiro atoms. The molecule has 0 fully saturated rings. The van der Waals surface area contributed by atoms with Crippen molar-refractivity contribution in [2.24, 2.45) is 0 Å². The van der Waals surface area contributed by atoms with Crippen LogP contribution in [0, 0.1) is 6.92 Å². The van der Waals surface area contributed by atoms with Crippen molar-refractivity contribution in [1.82, 2.24) is 0 Å². The van der Waals surface area contributed by atoms with E-state index in [-0.39, 0.29) is 11.1 Å². The summed E-state index contributed by atoms with van der Waals surface area (Å²) >= 11 is 0. The molecule has 0 unspecified atom stereocenters. The predicted octanol–water partition coefficient (Wildman–Crippen LogP) is 1.49. The maximum absolute atomic E-state index is 11.4. The lowest BCUT2D eigenvalue weighted by Gasteiger charge is -2.10. The molecule has 5 heteroatoms. The first kappa shape index (κ1) is 12.0. The molecule has 86 valence electrons. The highest BCUT2D eigenvalue weighted by Crippen LogP contribution is 2.23. The minimum Gasteiger partial charge on any atom is -0.497 e. The van der Waals surface area contributed by atoms with Crippen molar-refractivity contribution >= 4 is 11.9 Å². The highest BCUT2D eigenvalue weighted by molar-refractivity contribution is 6.03.